The number of aromatic amines is 1. The van der Waals surface area contributed by atoms with Gasteiger partial charge in [-0.3, -0.25) is 9.36 Å². The Hall–Kier alpha value is -5.12. The van der Waals surface area contributed by atoms with Crippen molar-refractivity contribution in [3.63, 3.8) is 0 Å². The minimum atomic E-state index is -0.312. The number of imidazole rings is 1. The van der Waals surface area contributed by atoms with Crippen molar-refractivity contribution in [1.82, 2.24) is 39.3 Å². The lowest BCUT2D eigenvalue weighted by molar-refractivity contribution is 0.419. The number of para-hydroxylation sites is 1. The molecule has 45 heavy (non-hydrogen) atoms. The van der Waals surface area contributed by atoms with E-state index in [2.05, 4.69) is 55.5 Å². The van der Waals surface area contributed by atoms with Gasteiger partial charge < -0.3 is 4.57 Å². The Kier molecular flexibility index (Phi) is 6.96. The molecule has 3 aromatic heterocycles. The Morgan fingerprint density at radius 2 is 1.51 bits per heavy atom. The molecule has 10 heteroatoms. The second-order valence-corrected chi connectivity index (χ2v) is 12.4. The van der Waals surface area contributed by atoms with Gasteiger partial charge in [0.05, 0.1) is 5.69 Å². The molecule has 8 rings (SSSR count). The van der Waals surface area contributed by atoms with Gasteiger partial charge in [0.1, 0.15) is 5.82 Å². The molecule has 6 aromatic rings. The lowest BCUT2D eigenvalue weighted by Gasteiger charge is -2.22. The fraction of sp³-hybridized carbons (Fsp3) is 0.314. The van der Waals surface area contributed by atoms with Crippen LogP contribution in [0, 0.1) is 5.92 Å². The van der Waals surface area contributed by atoms with Gasteiger partial charge >= 0.3 is 5.69 Å². The van der Waals surface area contributed by atoms with E-state index in [0.717, 1.165) is 66.6 Å². The van der Waals surface area contributed by atoms with Gasteiger partial charge in [-0.05, 0) is 65.6 Å². The van der Waals surface area contributed by atoms with Gasteiger partial charge in [0.2, 0.25) is 5.82 Å². The van der Waals surface area contributed by atoms with E-state index in [0.29, 0.717) is 41.7 Å². The number of nitrogens with zero attached hydrogens (tertiary/aromatic N) is 7. The molecule has 10 nitrogen and oxygen atoms in total. The van der Waals surface area contributed by atoms with Crippen molar-refractivity contribution in [2.45, 2.75) is 64.0 Å². The molecule has 0 spiro atoms. The highest BCUT2D eigenvalue weighted by Gasteiger charge is 2.30. The highest BCUT2D eigenvalue weighted by Crippen LogP contribution is 2.36. The number of rotatable bonds is 8. The molecule has 226 valence electrons. The molecule has 2 saturated carbocycles. The molecule has 2 fully saturated rings. The monoisotopic (exact) mass is 598 g/mol. The maximum atomic E-state index is 14.4. The zero-order valence-corrected chi connectivity index (χ0v) is 25.0. The summed E-state index contributed by atoms with van der Waals surface area (Å²) in [5.41, 5.74) is 4.98. The molecule has 0 aliphatic heterocycles. The van der Waals surface area contributed by atoms with Crippen LogP contribution in [-0.4, -0.2) is 39.3 Å². The molecule has 0 saturated heterocycles. The fourth-order valence-electron chi connectivity index (χ4n) is 6.80. The zero-order chi connectivity index (χ0) is 30.3. The van der Waals surface area contributed by atoms with Gasteiger partial charge in [-0.25, -0.2) is 14.3 Å². The van der Waals surface area contributed by atoms with Crippen LogP contribution in [0.2, 0.25) is 0 Å². The number of nitrogens with one attached hydrogen (secondary N) is 1. The van der Waals surface area contributed by atoms with Crippen LogP contribution < -0.4 is 11.2 Å². The van der Waals surface area contributed by atoms with E-state index in [9.17, 15) is 9.59 Å². The van der Waals surface area contributed by atoms with Crippen LogP contribution in [-0.2, 0) is 13.1 Å². The van der Waals surface area contributed by atoms with E-state index in [4.69, 9.17) is 4.98 Å². The summed E-state index contributed by atoms with van der Waals surface area (Å²) in [6.45, 7) is 1.07. The Balaban J connectivity index is 1.27. The van der Waals surface area contributed by atoms with Crippen molar-refractivity contribution in [2.24, 2.45) is 5.92 Å². The Bertz CT molecular complexity index is 2080. The number of H-pyrrole nitrogens is 1. The summed E-state index contributed by atoms with van der Waals surface area (Å²) in [5, 5.41) is 14.6. The molecular weight excluding hydrogens is 564 g/mol. The second-order valence-electron chi connectivity index (χ2n) is 12.4. The van der Waals surface area contributed by atoms with Crippen LogP contribution >= 0.6 is 0 Å². The maximum absolute atomic E-state index is 14.4. The minimum Gasteiger partial charge on any atom is -0.317 e. The molecule has 0 atom stereocenters. The normalized spacial score (nSPS) is 15.6. The number of benzene rings is 3. The van der Waals surface area contributed by atoms with Crippen LogP contribution in [0.15, 0.2) is 88.5 Å². The van der Waals surface area contributed by atoms with Crippen molar-refractivity contribution < 1.29 is 0 Å². The summed E-state index contributed by atoms with van der Waals surface area (Å²) in [5.74, 6) is 2.16. The number of hydrogen-bond acceptors (Lipinski definition) is 6. The fourth-order valence-corrected chi connectivity index (χ4v) is 6.80. The average molecular weight is 599 g/mol. The molecule has 1 N–H and O–H groups in total. The lowest BCUT2D eigenvalue weighted by atomic mass is 9.88. The summed E-state index contributed by atoms with van der Waals surface area (Å²) in [6, 6.07) is 25.7. The average Bonchev–Trinajstić information content (AvgIpc) is 3.58. The largest absolute Gasteiger partial charge is 0.337 e. The van der Waals surface area contributed by atoms with Gasteiger partial charge in [0.15, 0.2) is 11.2 Å². The summed E-state index contributed by atoms with van der Waals surface area (Å²) in [6.07, 6.45) is 7.77. The van der Waals surface area contributed by atoms with Crippen molar-refractivity contribution >= 4 is 11.2 Å². The van der Waals surface area contributed by atoms with E-state index in [-0.39, 0.29) is 17.2 Å². The molecule has 0 amide bonds. The third-order valence-corrected chi connectivity index (χ3v) is 9.30. The third-order valence-electron chi connectivity index (χ3n) is 9.30. The van der Waals surface area contributed by atoms with Crippen molar-refractivity contribution in [2.75, 3.05) is 0 Å². The van der Waals surface area contributed by atoms with E-state index in [1.807, 2.05) is 48.5 Å². The van der Waals surface area contributed by atoms with Crippen molar-refractivity contribution in [3.05, 3.63) is 111 Å². The number of tetrazole rings is 1. The Morgan fingerprint density at radius 3 is 2.22 bits per heavy atom. The summed E-state index contributed by atoms with van der Waals surface area (Å²) >= 11 is 0. The van der Waals surface area contributed by atoms with Crippen LogP contribution in [0.25, 0.3) is 39.4 Å². The molecular formula is C35H34N8O2. The topological polar surface area (TPSA) is 116 Å². The van der Waals surface area contributed by atoms with Gasteiger partial charge in [-0.1, -0.05) is 86.0 Å². The van der Waals surface area contributed by atoms with Crippen LogP contribution in [0.5, 0.6) is 0 Å². The summed E-state index contributed by atoms with van der Waals surface area (Å²) in [4.78, 5) is 33.5. The molecule has 3 heterocycles. The molecule has 0 unspecified atom stereocenters. The summed E-state index contributed by atoms with van der Waals surface area (Å²) in [7, 11) is 0. The highest BCUT2D eigenvalue weighted by molar-refractivity contribution is 5.80. The van der Waals surface area contributed by atoms with Gasteiger partial charge in [-0.2, -0.15) is 5.21 Å². The molecule has 3 aromatic carbocycles. The predicted octanol–water partition coefficient (Wildman–Crippen LogP) is 5.70. The van der Waals surface area contributed by atoms with E-state index in [1.165, 1.54) is 11.0 Å². The van der Waals surface area contributed by atoms with Gasteiger partial charge in [-0.15, -0.1) is 10.2 Å². The SMILES string of the molecule is O=c1c2c(nc(C3CCCCC3)n2Cc2ccc(-c3ccccc3-c3nn[nH]n3)cc2)n(CC2CC2)c(=O)n1-c1ccccc1. The first-order chi connectivity index (χ1) is 22.2. The van der Waals surface area contributed by atoms with Gasteiger partial charge in [0.25, 0.3) is 5.56 Å². The molecule has 2 aliphatic carbocycles. The second kappa shape index (κ2) is 11.4. The Morgan fingerprint density at radius 1 is 0.778 bits per heavy atom. The first-order valence-corrected chi connectivity index (χ1v) is 15.9. The van der Waals surface area contributed by atoms with E-state index in [1.54, 1.807) is 4.57 Å². The molecule has 0 radical (unpaired) electrons. The molecule has 0 bridgehead atoms. The van der Waals surface area contributed by atoms with Crippen LogP contribution in [0.1, 0.15) is 62.3 Å². The zero-order valence-electron chi connectivity index (χ0n) is 25.0. The smallest absolute Gasteiger partial charge is 0.317 e. The first kappa shape index (κ1) is 27.4. The van der Waals surface area contributed by atoms with Crippen molar-refractivity contribution in [1.29, 1.82) is 0 Å². The standard InChI is InChI=1S/C35H34N8O2/c44-34-30-33(42(22-23-15-16-23)35(45)43(34)27-11-5-2-6-12-27)36-32(26-9-3-1-4-10-26)41(30)21-24-17-19-25(20-18-24)28-13-7-8-14-29(28)31-37-39-40-38-31/h2,5-8,11-14,17-20,23,26H,1,3-4,9-10,15-16,21-22H2,(H,37,38,39,40). The van der Waals surface area contributed by atoms with E-state index < -0.39 is 0 Å². The summed E-state index contributed by atoms with van der Waals surface area (Å²) < 4.78 is 5.21. The minimum absolute atomic E-state index is 0.251. The highest BCUT2D eigenvalue weighted by atomic mass is 16.2. The predicted molar refractivity (Wildman–Crippen MR) is 172 cm³/mol. The Labute approximate surface area is 259 Å². The van der Waals surface area contributed by atoms with Crippen molar-refractivity contribution in [3.8, 4) is 28.2 Å². The van der Waals surface area contributed by atoms with Gasteiger partial charge in [0, 0.05) is 24.6 Å². The maximum Gasteiger partial charge on any atom is 0.337 e. The third kappa shape index (κ3) is 5.09. The van der Waals surface area contributed by atoms with Crippen LogP contribution in [0.4, 0.5) is 0 Å². The lowest BCUT2D eigenvalue weighted by Crippen LogP contribution is -2.40. The van der Waals surface area contributed by atoms with Crippen LogP contribution in [0.3, 0.4) is 0 Å². The quantitative estimate of drug-likeness (QED) is 0.240. The first-order valence-electron chi connectivity index (χ1n) is 15.9. The molecule has 2 aliphatic rings. The number of fused-ring (bicyclic) bond motifs is 1. The number of hydrogen-bond donors (Lipinski definition) is 1. The number of aromatic nitrogens is 8. The van der Waals surface area contributed by atoms with E-state index >= 15 is 0 Å².